The van der Waals surface area contributed by atoms with Crippen molar-refractivity contribution in [1.29, 1.82) is 0 Å². The summed E-state index contributed by atoms with van der Waals surface area (Å²) in [4.78, 5) is 19.7. The summed E-state index contributed by atoms with van der Waals surface area (Å²) in [5.74, 6) is -2.23. The number of aliphatic hydroxyl groups is 1. The number of nitrogens with zero attached hydrogens (tertiary/aromatic N) is 2. The predicted molar refractivity (Wildman–Crippen MR) is 142 cm³/mol. The molecule has 2 aromatic carbocycles. The van der Waals surface area contributed by atoms with Crippen molar-refractivity contribution < 1.29 is 23.2 Å². The number of carbonyl (C=O) groups excluding carboxylic acids is 1. The fraction of sp³-hybridized carbons (Fsp3) is 0.360. The summed E-state index contributed by atoms with van der Waals surface area (Å²) in [6.07, 6.45) is 1.82. The number of amides is 1. The number of para-hydroxylation sites is 1. The molecule has 4 N–H and O–H groups in total. The molecule has 4 rings (SSSR count). The molecule has 2 heterocycles. The lowest BCUT2D eigenvalue weighted by Gasteiger charge is -2.35. The third-order valence-corrected chi connectivity index (χ3v) is 7.24. The van der Waals surface area contributed by atoms with Crippen LogP contribution in [0.15, 0.2) is 58.8 Å². The third kappa shape index (κ3) is 5.89. The van der Waals surface area contributed by atoms with E-state index >= 15 is 0 Å². The molecule has 2 aromatic rings. The fourth-order valence-corrected chi connectivity index (χ4v) is 5.62. The van der Waals surface area contributed by atoms with E-state index in [1.807, 2.05) is 58.2 Å². The molecule has 0 aliphatic carbocycles. The number of aliphatic hydroxyl groups excluding tert-OH is 1. The fourth-order valence-electron chi connectivity index (χ4n) is 4.13. The van der Waals surface area contributed by atoms with Gasteiger partial charge in [-0.2, -0.15) is 0 Å². The first kappa shape index (κ1) is 28.1. The van der Waals surface area contributed by atoms with Crippen molar-refractivity contribution >= 4 is 43.0 Å². The van der Waals surface area contributed by atoms with Gasteiger partial charge >= 0.3 is 0 Å². The van der Waals surface area contributed by atoms with Gasteiger partial charge in [-0.05, 0) is 48.4 Å². The standard InChI is InChI=1S/C24H26F2N3O3P.CH5NS/c1-5-32-33-18-9-7-6-8-17(18)27-22(28-33)19-20(30)21(24(2,3)4)29(23(19)31)13-14-10-11-15(25)16(26)12-14;1-3-2/h6-12,21,30H,5,13H2,1-4H3,(H,27,28);2H2,1H3. The zero-order valence-electron chi connectivity index (χ0n) is 20.9. The van der Waals surface area contributed by atoms with E-state index in [0.29, 0.717) is 17.9 Å². The minimum Gasteiger partial charge on any atom is -0.509 e. The highest BCUT2D eigenvalue weighted by Gasteiger charge is 2.47. The minimum atomic E-state index is -1.28. The van der Waals surface area contributed by atoms with Crippen molar-refractivity contribution in [3.8, 4) is 0 Å². The molecule has 1 amide bonds. The molecule has 2 atom stereocenters. The van der Waals surface area contributed by atoms with Crippen LogP contribution in [0, 0.1) is 17.0 Å². The highest BCUT2D eigenvalue weighted by atomic mass is 32.2. The number of hydrogen-bond donors (Lipinski definition) is 3. The van der Waals surface area contributed by atoms with Gasteiger partial charge in [0.1, 0.15) is 17.2 Å². The topological polar surface area (TPSA) is 100 Å². The quantitative estimate of drug-likeness (QED) is 0.365. The van der Waals surface area contributed by atoms with Crippen LogP contribution in [-0.4, -0.2) is 40.7 Å². The number of hydrogen-bond acceptors (Lipinski definition) is 7. The van der Waals surface area contributed by atoms with Crippen LogP contribution in [-0.2, 0) is 15.9 Å². The number of amidine groups is 1. The number of fused-ring (bicyclic) bond motifs is 1. The third-order valence-electron chi connectivity index (χ3n) is 5.49. The molecular formula is C25H31F2N4O3PS. The van der Waals surface area contributed by atoms with E-state index in [9.17, 15) is 18.7 Å². The van der Waals surface area contributed by atoms with Gasteiger partial charge in [-0.25, -0.2) is 13.8 Å². The molecule has 0 saturated carbocycles. The highest BCUT2D eigenvalue weighted by Crippen LogP contribution is 2.42. The zero-order valence-corrected chi connectivity index (χ0v) is 22.6. The lowest BCUT2D eigenvalue weighted by atomic mass is 9.85. The molecule has 194 valence electrons. The van der Waals surface area contributed by atoms with Gasteiger partial charge in [-0.3, -0.25) is 9.93 Å². The molecule has 0 radical (unpaired) electrons. The molecule has 2 unspecified atom stereocenters. The summed E-state index contributed by atoms with van der Waals surface area (Å²) < 4.78 is 33.1. The lowest BCUT2D eigenvalue weighted by molar-refractivity contribution is -0.129. The van der Waals surface area contributed by atoms with E-state index in [1.54, 1.807) is 0 Å². The second-order valence-corrected chi connectivity index (χ2v) is 11.2. The Morgan fingerprint density at radius 1 is 1.22 bits per heavy atom. The van der Waals surface area contributed by atoms with Crippen molar-refractivity contribution in [3.63, 3.8) is 0 Å². The van der Waals surface area contributed by atoms with E-state index < -0.39 is 37.3 Å². The average Bonchev–Trinajstić information content (AvgIpc) is 3.06. The van der Waals surface area contributed by atoms with Crippen LogP contribution in [0.1, 0.15) is 33.3 Å². The van der Waals surface area contributed by atoms with Crippen LogP contribution in [0.5, 0.6) is 0 Å². The van der Waals surface area contributed by atoms with Crippen molar-refractivity contribution in [2.24, 2.45) is 15.5 Å². The monoisotopic (exact) mass is 536 g/mol. The second-order valence-electron chi connectivity index (χ2n) is 9.22. The van der Waals surface area contributed by atoms with Gasteiger partial charge in [0.25, 0.3) is 5.91 Å². The molecule has 7 nitrogen and oxygen atoms in total. The van der Waals surface area contributed by atoms with Crippen molar-refractivity contribution in [2.45, 2.75) is 40.3 Å². The Bertz CT molecular complexity index is 1190. The Hall–Kier alpha value is -2.52. The SMILES string of the molecule is CCOP1NC(C2=C(O)C(C(C)(C)C)N(Cc3ccc(F)c(F)c3)C2=O)=Nc2ccccc21.CSN. The second kappa shape index (κ2) is 11.7. The Labute approximate surface area is 215 Å². The van der Waals surface area contributed by atoms with Gasteiger partial charge in [-0.1, -0.05) is 50.9 Å². The molecular weight excluding hydrogens is 505 g/mol. The number of carbonyl (C=O) groups is 1. The largest absolute Gasteiger partial charge is 0.509 e. The Balaban J connectivity index is 0.00000115. The number of nitrogens with two attached hydrogens (primary N) is 1. The van der Waals surface area contributed by atoms with E-state index in [-0.39, 0.29) is 23.7 Å². The normalized spacial score (nSPS) is 19.4. The van der Waals surface area contributed by atoms with Gasteiger partial charge in [-0.15, -0.1) is 0 Å². The summed E-state index contributed by atoms with van der Waals surface area (Å²) in [6.45, 7) is 8.07. The van der Waals surface area contributed by atoms with Crippen molar-refractivity contribution in [1.82, 2.24) is 9.99 Å². The van der Waals surface area contributed by atoms with Crippen LogP contribution < -0.4 is 15.5 Å². The molecule has 11 heteroatoms. The Morgan fingerprint density at radius 2 is 1.89 bits per heavy atom. The summed E-state index contributed by atoms with van der Waals surface area (Å²) >= 11 is 1.25. The van der Waals surface area contributed by atoms with Gasteiger partial charge in [0.15, 0.2) is 19.9 Å². The maximum atomic E-state index is 13.8. The smallest absolute Gasteiger partial charge is 0.262 e. The highest BCUT2D eigenvalue weighted by molar-refractivity contribution is 7.96. The molecule has 0 bridgehead atoms. The van der Waals surface area contributed by atoms with Crippen LogP contribution >= 0.6 is 20.2 Å². The van der Waals surface area contributed by atoms with Crippen LogP contribution in [0.25, 0.3) is 0 Å². The van der Waals surface area contributed by atoms with Gasteiger partial charge in [0.2, 0.25) is 0 Å². The lowest BCUT2D eigenvalue weighted by Crippen LogP contribution is -2.43. The van der Waals surface area contributed by atoms with E-state index in [2.05, 4.69) is 10.1 Å². The first-order valence-corrected chi connectivity index (χ1v) is 13.9. The summed E-state index contributed by atoms with van der Waals surface area (Å²) in [5, 5.41) is 20.1. The first-order valence-electron chi connectivity index (χ1n) is 11.3. The number of benzene rings is 2. The molecule has 36 heavy (non-hydrogen) atoms. The van der Waals surface area contributed by atoms with E-state index in [4.69, 9.17) is 9.66 Å². The maximum absolute atomic E-state index is 13.8. The van der Waals surface area contributed by atoms with Crippen LogP contribution in [0.4, 0.5) is 14.5 Å². The van der Waals surface area contributed by atoms with E-state index in [0.717, 1.165) is 17.4 Å². The predicted octanol–water partition coefficient (Wildman–Crippen LogP) is 5.06. The average molecular weight is 537 g/mol. The van der Waals surface area contributed by atoms with Crippen molar-refractivity contribution in [2.75, 3.05) is 12.9 Å². The molecule has 0 aromatic heterocycles. The number of aliphatic imine (C=N–C) groups is 1. The maximum Gasteiger partial charge on any atom is 0.262 e. The first-order chi connectivity index (χ1) is 17.0. The number of rotatable bonds is 5. The Kier molecular flexibility index (Phi) is 9.11. The summed E-state index contributed by atoms with van der Waals surface area (Å²) in [6, 6.07) is 10.4. The molecule has 2 aliphatic heterocycles. The molecule has 0 fully saturated rings. The van der Waals surface area contributed by atoms with Gasteiger partial charge in [0, 0.05) is 11.8 Å². The number of halogens is 2. The summed E-state index contributed by atoms with van der Waals surface area (Å²) in [7, 11) is -1.28. The Morgan fingerprint density at radius 3 is 2.50 bits per heavy atom. The molecule has 2 aliphatic rings. The molecule has 0 saturated heterocycles. The number of nitrogens with one attached hydrogen (secondary N) is 1. The van der Waals surface area contributed by atoms with Crippen LogP contribution in [0.2, 0.25) is 0 Å². The van der Waals surface area contributed by atoms with Crippen LogP contribution in [0.3, 0.4) is 0 Å². The van der Waals surface area contributed by atoms with E-state index in [1.165, 1.54) is 22.9 Å². The minimum absolute atomic E-state index is 0.00954. The zero-order chi connectivity index (χ0) is 26.6. The van der Waals surface area contributed by atoms with Gasteiger partial charge < -0.3 is 19.6 Å². The summed E-state index contributed by atoms with van der Waals surface area (Å²) in [5.41, 5.74) is 0.633. The molecule has 0 spiro atoms. The van der Waals surface area contributed by atoms with Crippen molar-refractivity contribution in [3.05, 3.63) is 71.0 Å². The van der Waals surface area contributed by atoms with Gasteiger partial charge in [0.05, 0.1) is 18.3 Å².